The summed E-state index contributed by atoms with van der Waals surface area (Å²) in [7, 11) is 0. The third-order valence-electron chi connectivity index (χ3n) is 2.71. The summed E-state index contributed by atoms with van der Waals surface area (Å²) in [5, 5.41) is 9.57. The zero-order valence-corrected chi connectivity index (χ0v) is 10.4. The number of anilines is 2. The minimum atomic E-state index is -0.245. The number of rotatable bonds is 3. The number of aromatic nitrogens is 2. The number of hydrogen-bond donors (Lipinski definition) is 3. The van der Waals surface area contributed by atoms with Crippen LogP contribution in [-0.4, -0.2) is 16.1 Å². The molecule has 0 bridgehead atoms. The maximum atomic E-state index is 12.0. The smallest absolute Gasteiger partial charge is 0.258 e. The highest BCUT2D eigenvalue weighted by Crippen LogP contribution is 2.16. The molecule has 0 fully saturated rings. The van der Waals surface area contributed by atoms with Crippen LogP contribution in [0.2, 0.25) is 0 Å². The summed E-state index contributed by atoms with van der Waals surface area (Å²) in [5.74, 6) is 0.267. The van der Waals surface area contributed by atoms with Crippen molar-refractivity contribution in [1.29, 1.82) is 0 Å². The summed E-state index contributed by atoms with van der Waals surface area (Å²) >= 11 is 0. The number of aryl methyl sites for hydroxylation is 2. The van der Waals surface area contributed by atoms with Crippen molar-refractivity contribution in [3.63, 3.8) is 0 Å². The Labute approximate surface area is 105 Å². The number of benzene rings is 1. The van der Waals surface area contributed by atoms with E-state index >= 15 is 0 Å². The average Bonchev–Trinajstić information content (AvgIpc) is 2.80. The van der Waals surface area contributed by atoms with Crippen LogP contribution in [0.1, 0.15) is 28.5 Å². The van der Waals surface area contributed by atoms with Crippen LogP contribution in [0.3, 0.4) is 0 Å². The van der Waals surface area contributed by atoms with E-state index in [0.717, 1.165) is 17.7 Å². The number of carbonyl (C=O) groups is 1. The van der Waals surface area contributed by atoms with E-state index in [9.17, 15) is 4.79 Å². The third-order valence-corrected chi connectivity index (χ3v) is 2.71. The molecule has 0 saturated carbocycles. The summed E-state index contributed by atoms with van der Waals surface area (Å²) in [4.78, 5) is 12.0. The topological polar surface area (TPSA) is 83.8 Å². The molecule has 18 heavy (non-hydrogen) atoms. The van der Waals surface area contributed by atoms with Crippen molar-refractivity contribution < 1.29 is 4.79 Å². The van der Waals surface area contributed by atoms with Crippen molar-refractivity contribution >= 4 is 17.4 Å². The van der Waals surface area contributed by atoms with Gasteiger partial charge in [0, 0.05) is 17.4 Å². The molecule has 0 atom stereocenters. The molecule has 2 rings (SSSR count). The zero-order valence-electron chi connectivity index (χ0n) is 10.4. The Balaban J connectivity index is 2.19. The van der Waals surface area contributed by atoms with Crippen LogP contribution >= 0.6 is 0 Å². The predicted molar refractivity (Wildman–Crippen MR) is 71.5 cm³/mol. The van der Waals surface area contributed by atoms with Gasteiger partial charge in [-0.1, -0.05) is 18.6 Å². The van der Waals surface area contributed by atoms with Gasteiger partial charge in [0.1, 0.15) is 0 Å². The predicted octanol–water partition coefficient (Wildman–Crippen LogP) is 2.12. The van der Waals surface area contributed by atoms with Crippen LogP contribution in [-0.2, 0) is 6.42 Å². The van der Waals surface area contributed by atoms with Gasteiger partial charge in [-0.25, -0.2) is 0 Å². The summed E-state index contributed by atoms with van der Waals surface area (Å²) in [6, 6.07) is 7.17. The van der Waals surface area contributed by atoms with Gasteiger partial charge in [-0.2, -0.15) is 5.10 Å². The standard InChI is InChI=1S/C13H16N4O/c1-3-9-7-12(17-16-9)15-13(18)10-6-8(2)4-5-11(10)14/h4-7H,3,14H2,1-2H3,(H2,15,16,17,18). The second-order valence-electron chi connectivity index (χ2n) is 4.18. The van der Waals surface area contributed by atoms with E-state index in [-0.39, 0.29) is 5.91 Å². The zero-order chi connectivity index (χ0) is 13.1. The first-order valence-electron chi connectivity index (χ1n) is 5.82. The Bertz CT molecular complexity index is 574. The Hall–Kier alpha value is -2.30. The Kier molecular flexibility index (Phi) is 3.32. The largest absolute Gasteiger partial charge is 0.398 e. The lowest BCUT2D eigenvalue weighted by Gasteiger charge is -2.06. The molecule has 0 unspecified atom stereocenters. The molecule has 0 aliphatic rings. The third kappa shape index (κ3) is 2.51. The van der Waals surface area contributed by atoms with Crippen molar-refractivity contribution in [3.8, 4) is 0 Å². The minimum absolute atomic E-state index is 0.245. The SMILES string of the molecule is CCc1cc(NC(=O)c2cc(C)ccc2N)n[nH]1. The molecule has 0 aliphatic carbocycles. The van der Waals surface area contributed by atoms with E-state index in [2.05, 4.69) is 15.5 Å². The minimum Gasteiger partial charge on any atom is -0.398 e. The van der Waals surface area contributed by atoms with Crippen LogP contribution in [0.4, 0.5) is 11.5 Å². The van der Waals surface area contributed by atoms with Crippen LogP contribution < -0.4 is 11.1 Å². The van der Waals surface area contributed by atoms with E-state index in [0.29, 0.717) is 17.1 Å². The maximum absolute atomic E-state index is 12.0. The van der Waals surface area contributed by atoms with E-state index in [1.807, 2.05) is 26.0 Å². The van der Waals surface area contributed by atoms with Gasteiger partial charge >= 0.3 is 0 Å². The number of nitrogens with one attached hydrogen (secondary N) is 2. The Morgan fingerprint density at radius 2 is 2.22 bits per heavy atom. The number of hydrogen-bond acceptors (Lipinski definition) is 3. The fourth-order valence-corrected chi connectivity index (χ4v) is 1.66. The van der Waals surface area contributed by atoms with Gasteiger partial charge in [0.05, 0.1) is 5.56 Å². The summed E-state index contributed by atoms with van der Waals surface area (Å²) in [6.45, 7) is 3.93. The molecule has 2 aromatic rings. The number of H-pyrrole nitrogens is 1. The summed E-state index contributed by atoms with van der Waals surface area (Å²) in [5.41, 5.74) is 8.68. The summed E-state index contributed by atoms with van der Waals surface area (Å²) < 4.78 is 0. The first-order valence-corrected chi connectivity index (χ1v) is 5.82. The first-order chi connectivity index (χ1) is 8.60. The quantitative estimate of drug-likeness (QED) is 0.723. The molecule has 1 amide bonds. The van der Waals surface area contributed by atoms with Gasteiger partial charge in [-0.3, -0.25) is 9.89 Å². The highest BCUT2D eigenvalue weighted by Gasteiger charge is 2.11. The van der Waals surface area contributed by atoms with Crippen molar-refractivity contribution in [2.75, 3.05) is 11.1 Å². The molecule has 0 saturated heterocycles. The molecule has 5 nitrogen and oxygen atoms in total. The molecular formula is C13H16N4O. The fourth-order valence-electron chi connectivity index (χ4n) is 1.66. The Morgan fingerprint density at radius 3 is 2.89 bits per heavy atom. The van der Waals surface area contributed by atoms with Gasteiger partial charge in [-0.15, -0.1) is 0 Å². The number of aromatic amines is 1. The number of amides is 1. The average molecular weight is 244 g/mol. The molecule has 0 aliphatic heterocycles. The lowest BCUT2D eigenvalue weighted by atomic mass is 10.1. The fraction of sp³-hybridized carbons (Fsp3) is 0.231. The molecule has 1 heterocycles. The summed E-state index contributed by atoms with van der Waals surface area (Å²) in [6.07, 6.45) is 0.843. The molecule has 94 valence electrons. The number of nitrogens with two attached hydrogens (primary N) is 1. The number of carbonyl (C=O) groups excluding carboxylic acids is 1. The van der Waals surface area contributed by atoms with Crippen LogP contribution in [0.25, 0.3) is 0 Å². The van der Waals surface area contributed by atoms with E-state index < -0.39 is 0 Å². The van der Waals surface area contributed by atoms with Crippen LogP contribution in [0.5, 0.6) is 0 Å². The van der Waals surface area contributed by atoms with Gasteiger partial charge in [0.25, 0.3) is 5.91 Å². The van der Waals surface area contributed by atoms with Crippen molar-refractivity contribution in [1.82, 2.24) is 10.2 Å². The molecule has 5 heteroatoms. The molecular weight excluding hydrogens is 228 g/mol. The maximum Gasteiger partial charge on any atom is 0.258 e. The number of nitrogen functional groups attached to an aromatic ring is 1. The molecule has 1 aromatic heterocycles. The van der Waals surface area contributed by atoms with Crippen molar-refractivity contribution in [2.45, 2.75) is 20.3 Å². The second kappa shape index (κ2) is 4.91. The van der Waals surface area contributed by atoms with Crippen LogP contribution in [0, 0.1) is 6.92 Å². The molecule has 0 radical (unpaired) electrons. The highest BCUT2D eigenvalue weighted by atomic mass is 16.1. The van der Waals surface area contributed by atoms with Gasteiger partial charge in [0.15, 0.2) is 5.82 Å². The monoisotopic (exact) mass is 244 g/mol. The van der Waals surface area contributed by atoms with Crippen LogP contribution in [0.15, 0.2) is 24.3 Å². The normalized spacial score (nSPS) is 10.3. The van der Waals surface area contributed by atoms with E-state index in [1.54, 1.807) is 12.1 Å². The molecule has 0 spiro atoms. The Morgan fingerprint density at radius 1 is 1.44 bits per heavy atom. The van der Waals surface area contributed by atoms with E-state index in [1.165, 1.54) is 0 Å². The number of nitrogens with zero attached hydrogens (tertiary/aromatic N) is 1. The van der Waals surface area contributed by atoms with Crippen molar-refractivity contribution in [3.05, 3.63) is 41.1 Å². The molecule has 4 N–H and O–H groups in total. The van der Waals surface area contributed by atoms with Gasteiger partial charge < -0.3 is 11.1 Å². The lowest BCUT2D eigenvalue weighted by molar-refractivity contribution is 0.102. The lowest BCUT2D eigenvalue weighted by Crippen LogP contribution is -2.14. The molecule has 1 aromatic carbocycles. The van der Waals surface area contributed by atoms with Crippen molar-refractivity contribution in [2.24, 2.45) is 0 Å². The van der Waals surface area contributed by atoms with Gasteiger partial charge in [0.2, 0.25) is 0 Å². The highest BCUT2D eigenvalue weighted by molar-refractivity contribution is 6.07. The first kappa shape index (κ1) is 12.2. The van der Waals surface area contributed by atoms with E-state index in [4.69, 9.17) is 5.73 Å². The second-order valence-corrected chi connectivity index (χ2v) is 4.18. The van der Waals surface area contributed by atoms with Gasteiger partial charge in [-0.05, 0) is 25.5 Å².